The molecule has 0 bridgehead atoms. The van der Waals surface area contributed by atoms with Gasteiger partial charge in [0, 0.05) is 3.57 Å². The van der Waals surface area contributed by atoms with Crippen molar-refractivity contribution < 1.29 is 14.6 Å². The highest BCUT2D eigenvalue weighted by Crippen LogP contribution is 2.14. The van der Waals surface area contributed by atoms with Gasteiger partial charge in [-0.1, -0.05) is 6.07 Å². The molecule has 1 rings (SSSR count). The zero-order chi connectivity index (χ0) is 9.68. The molecular formula is C9H9IO3. The van der Waals surface area contributed by atoms with E-state index in [2.05, 4.69) is 22.6 Å². The third-order valence-electron chi connectivity index (χ3n) is 1.38. The minimum Gasteiger partial charge on any atom is -0.493 e. The van der Waals surface area contributed by atoms with Gasteiger partial charge in [0.2, 0.25) is 0 Å². The van der Waals surface area contributed by atoms with Crippen molar-refractivity contribution in [2.24, 2.45) is 0 Å². The van der Waals surface area contributed by atoms with Gasteiger partial charge in [0.05, 0.1) is 13.0 Å². The Balaban J connectivity index is 2.41. The Kier molecular flexibility index (Phi) is 4.01. The molecule has 0 unspecified atom stereocenters. The summed E-state index contributed by atoms with van der Waals surface area (Å²) in [6.07, 6.45) is 0.0332. The number of hydrogen-bond donors (Lipinski definition) is 1. The molecule has 0 heterocycles. The second-order valence-electron chi connectivity index (χ2n) is 2.45. The van der Waals surface area contributed by atoms with E-state index in [9.17, 15) is 4.79 Å². The molecule has 0 saturated heterocycles. The van der Waals surface area contributed by atoms with Crippen LogP contribution in [0.5, 0.6) is 5.75 Å². The fourth-order valence-corrected chi connectivity index (χ4v) is 1.33. The van der Waals surface area contributed by atoms with Crippen LogP contribution >= 0.6 is 22.6 Å². The van der Waals surface area contributed by atoms with Gasteiger partial charge in [-0.15, -0.1) is 0 Å². The van der Waals surface area contributed by atoms with Crippen LogP contribution in [-0.2, 0) is 4.79 Å². The first-order valence-corrected chi connectivity index (χ1v) is 4.86. The maximum Gasteiger partial charge on any atom is 0.306 e. The predicted octanol–water partition coefficient (Wildman–Crippen LogP) is 2.14. The quantitative estimate of drug-likeness (QED) is 0.865. The second-order valence-corrected chi connectivity index (χ2v) is 3.70. The zero-order valence-electron chi connectivity index (χ0n) is 6.87. The number of aliphatic carboxylic acids is 1. The molecule has 0 atom stereocenters. The Morgan fingerprint density at radius 3 is 2.92 bits per heavy atom. The van der Waals surface area contributed by atoms with E-state index in [1.165, 1.54) is 0 Å². The van der Waals surface area contributed by atoms with Crippen molar-refractivity contribution in [3.8, 4) is 5.75 Å². The summed E-state index contributed by atoms with van der Waals surface area (Å²) < 4.78 is 6.29. The van der Waals surface area contributed by atoms with Crippen LogP contribution in [0.15, 0.2) is 24.3 Å². The van der Waals surface area contributed by atoms with Gasteiger partial charge < -0.3 is 9.84 Å². The third-order valence-corrected chi connectivity index (χ3v) is 2.05. The summed E-state index contributed by atoms with van der Waals surface area (Å²) in [6, 6.07) is 7.49. The molecule has 3 nitrogen and oxygen atoms in total. The van der Waals surface area contributed by atoms with Crippen LogP contribution < -0.4 is 4.74 Å². The van der Waals surface area contributed by atoms with E-state index in [0.29, 0.717) is 5.75 Å². The number of ether oxygens (including phenoxy) is 1. The maximum atomic E-state index is 10.2. The lowest BCUT2D eigenvalue weighted by Crippen LogP contribution is -2.04. The highest BCUT2D eigenvalue weighted by atomic mass is 127. The zero-order valence-corrected chi connectivity index (χ0v) is 9.02. The number of halogens is 1. The van der Waals surface area contributed by atoms with Crippen molar-refractivity contribution in [2.45, 2.75) is 6.42 Å². The molecule has 0 fully saturated rings. The first-order valence-electron chi connectivity index (χ1n) is 3.78. The van der Waals surface area contributed by atoms with Crippen LogP contribution in [0.4, 0.5) is 0 Å². The van der Waals surface area contributed by atoms with E-state index in [1.807, 2.05) is 24.3 Å². The molecule has 0 aliphatic heterocycles. The van der Waals surface area contributed by atoms with Crippen LogP contribution in [0.3, 0.4) is 0 Å². The van der Waals surface area contributed by atoms with E-state index in [4.69, 9.17) is 9.84 Å². The number of carboxylic acid groups (broad SMARTS) is 1. The summed E-state index contributed by atoms with van der Waals surface area (Å²) in [5, 5.41) is 8.36. The fraction of sp³-hybridized carbons (Fsp3) is 0.222. The number of carboxylic acids is 1. The second kappa shape index (κ2) is 5.06. The van der Waals surface area contributed by atoms with Gasteiger partial charge in [-0.05, 0) is 40.8 Å². The van der Waals surface area contributed by atoms with E-state index in [1.54, 1.807) is 0 Å². The minimum atomic E-state index is -0.842. The maximum absolute atomic E-state index is 10.2. The Morgan fingerprint density at radius 2 is 2.31 bits per heavy atom. The van der Waals surface area contributed by atoms with Gasteiger partial charge in [-0.25, -0.2) is 0 Å². The third kappa shape index (κ3) is 4.12. The number of benzene rings is 1. The molecule has 13 heavy (non-hydrogen) atoms. The van der Waals surface area contributed by atoms with Crippen LogP contribution in [0, 0.1) is 3.57 Å². The summed E-state index contributed by atoms with van der Waals surface area (Å²) in [6.45, 7) is 0.218. The Morgan fingerprint density at radius 1 is 1.54 bits per heavy atom. The number of carbonyl (C=O) groups is 1. The highest BCUT2D eigenvalue weighted by Gasteiger charge is 1.98. The average Bonchev–Trinajstić information content (AvgIpc) is 2.03. The van der Waals surface area contributed by atoms with E-state index in [-0.39, 0.29) is 13.0 Å². The lowest BCUT2D eigenvalue weighted by atomic mass is 10.3. The highest BCUT2D eigenvalue weighted by molar-refractivity contribution is 14.1. The fourth-order valence-electron chi connectivity index (χ4n) is 0.813. The van der Waals surface area contributed by atoms with Gasteiger partial charge in [0.1, 0.15) is 5.75 Å². The van der Waals surface area contributed by atoms with Gasteiger partial charge in [-0.3, -0.25) is 4.79 Å². The topological polar surface area (TPSA) is 46.5 Å². The van der Waals surface area contributed by atoms with Gasteiger partial charge >= 0.3 is 5.97 Å². The molecule has 0 aromatic heterocycles. The molecule has 0 aliphatic rings. The van der Waals surface area contributed by atoms with Crippen molar-refractivity contribution >= 4 is 28.6 Å². The standard InChI is InChI=1S/C9H9IO3/c10-7-2-1-3-8(6-7)13-5-4-9(11)12/h1-3,6H,4-5H2,(H,11,12). The molecule has 1 aromatic rings. The minimum absolute atomic E-state index is 0.0332. The Bertz CT molecular complexity index is 299. The van der Waals surface area contributed by atoms with E-state index >= 15 is 0 Å². The number of rotatable bonds is 4. The van der Waals surface area contributed by atoms with Crippen molar-refractivity contribution in [1.29, 1.82) is 0 Å². The SMILES string of the molecule is O=C(O)CCOc1cccc(I)c1. The monoisotopic (exact) mass is 292 g/mol. The van der Waals surface area contributed by atoms with E-state index in [0.717, 1.165) is 3.57 Å². The first-order chi connectivity index (χ1) is 6.18. The normalized spacial score (nSPS) is 9.62. The van der Waals surface area contributed by atoms with Crippen LogP contribution in [0.2, 0.25) is 0 Å². The van der Waals surface area contributed by atoms with Crippen molar-refractivity contribution in [2.75, 3.05) is 6.61 Å². The summed E-state index contributed by atoms with van der Waals surface area (Å²) in [5.74, 6) is -0.126. The van der Waals surface area contributed by atoms with Crippen molar-refractivity contribution in [3.05, 3.63) is 27.8 Å². The Hall–Kier alpha value is -0.780. The van der Waals surface area contributed by atoms with Gasteiger partial charge in [0.25, 0.3) is 0 Å². The van der Waals surface area contributed by atoms with Crippen molar-refractivity contribution in [3.63, 3.8) is 0 Å². The summed E-state index contributed by atoms with van der Waals surface area (Å²) in [5.41, 5.74) is 0. The molecule has 0 amide bonds. The molecule has 0 radical (unpaired) electrons. The smallest absolute Gasteiger partial charge is 0.306 e. The molecular weight excluding hydrogens is 283 g/mol. The molecule has 70 valence electrons. The van der Waals surface area contributed by atoms with Gasteiger partial charge in [0.15, 0.2) is 0 Å². The van der Waals surface area contributed by atoms with E-state index < -0.39 is 5.97 Å². The molecule has 1 N–H and O–H groups in total. The summed E-state index contributed by atoms with van der Waals surface area (Å²) in [4.78, 5) is 10.2. The summed E-state index contributed by atoms with van der Waals surface area (Å²) in [7, 11) is 0. The lowest BCUT2D eigenvalue weighted by Gasteiger charge is -2.03. The van der Waals surface area contributed by atoms with Crippen LogP contribution in [-0.4, -0.2) is 17.7 Å². The summed E-state index contributed by atoms with van der Waals surface area (Å²) >= 11 is 2.17. The first kappa shape index (κ1) is 10.3. The molecule has 0 aliphatic carbocycles. The largest absolute Gasteiger partial charge is 0.493 e. The lowest BCUT2D eigenvalue weighted by molar-refractivity contribution is -0.137. The van der Waals surface area contributed by atoms with Crippen molar-refractivity contribution in [1.82, 2.24) is 0 Å². The van der Waals surface area contributed by atoms with Gasteiger partial charge in [-0.2, -0.15) is 0 Å². The molecule has 0 spiro atoms. The van der Waals surface area contributed by atoms with Crippen LogP contribution in [0.25, 0.3) is 0 Å². The Labute approximate surface area is 89.9 Å². The molecule has 0 saturated carbocycles. The number of hydrogen-bond acceptors (Lipinski definition) is 2. The predicted molar refractivity (Wildman–Crippen MR) is 56.9 cm³/mol. The molecule has 1 aromatic carbocycles. The van der Waals surface area contributed by atoms with Crippen LogP contribution in [0.1, 0.15) is 6.42 Å². The molecule has 4 heteroatoms. The average molecular weight is 292 g/mol.